The van der Waals surface area contributed by atoms with Gasteiger partial charge in [-0.05, 0) is 18.6 Å². The summed E-state index contributed by atoms with van der Waals surface area (Å²) in [6.45, 7) is 1.78. The number of hydrogen-bond acceptors (Lipinski definition) is 6. The Morgan fingerprint density at radius 3 is 2.95 bits per heavy atom. The van der Waals surface area contributed by atoms with E-state index in [-0.39, 0.29) is 27.2 Å². The summed E-state index contributed by atoms with van der Waals surface area (Å²) in [5, 5.41) is 20.0. The maximum Gasteiger partial charge on any atom is 0.311 e. The number of rotatable bonds is 3. The van der Waals surface area contributed by atoms with E-state index in [1.54, 1.807) is 13.0 Å². The highest BCUT2D eigenvalue weighted by atomic mass is 35.5. The average Bonchev–Trinajstić information content (AvgIpc) is 2.69. The van der Waals surface area contributed by atoms with E-state index < -0.39 is 4.92 Å². The predicted octanol–water partition coefficient (Wildman–Crippen LogP) is 3.68. The Morgan fingerprint density at radius 2 is 2.32 bits per heavy atom. The monoisotopic (exact) mass is 295 g/mol. The van der Waals surface area contributed by atoms with Gasteiger partial charge in [-0.2, -0.15) is 9.64 Å². The van der Waals surface area contributed by atoms with E-state index in [4.69, 9.17) is 21.6 Å². The van der Waals surface area contributed by atoms with Crippen molar-refractivity contribution >= 4 is 28.8 Å². The van der Waals surface area contributed by atoms with Crippen LogP contribution in [0.5, 0.6) is 10.8 Å². The van der Waals surface area contributed by atoms with Crippen LogP contribution in [0.1, 0.15) is 11.1 Å². The van der Waals surface area contributed by atoms with Gasteiger partial charge in [-0.1, -0.05) is 17.7 Å². The van der Waals surface area contributed by atoms with Crippen molar-refractivity contribution in [2.24, 2.45) is 0 Å². The lowest BCUT2D eigenvalue weighted by Crippen LogP contribution is -1.94. The number of nitrogens with zero attached hydrogens (tertiary/aromatic N) is 3. The molecule has 0 radical (unpaired) electrons. The molecule has 1 heterocycles. The summed E-state index contributed by atoms with van der Waals surface area (Å²) in [4.78, 5) is 10.4. The van der Waals surface area contributed by atoms with Gasteiger partial charge in [0.25, 0.3) is 0 Å². The summed E-state index contributed by atoms with van der Waals surface area (Å²) in [6, 6.07) is 6.32. The van der Waals surface area contributed by atoms with Gasteiger partial charge in [-0.25, -0.2) is 0 Å². The zero-order valence-corrected chi connectivity index (χ0v) is 11.2. The van der Waals surface area contributed by atoms with Gasteiger partial charge in [-0.3, -0.25) is 10.1 Å². The molecule has 6 nitrogen and oxygen atoms in total. The Hall–Kier alpha value is -2.17. The molecule has 19 heavy (non-hydrogen) atoms. The van der Waals surface area contributed by atoms with Crippen LogP contribution in [0, 0.1) is 28.4 Å². The number of aromatic nitrogens is 1. The molecule has 0 bridgehead atoms. The molecular formula is C11H6ClN3O3S. The summed E-state index contributed by atoms with van der Waals surface area (Å²) in [6.07, 6.45) is 0. The molecule has 2 rings (SSSR count). The molecule has 0 spiro atoms. The number of nitro groups is 1. The molecule has 0 fully saturated rings. The molecule has 1 aromatic heterocycles. The van der Waals surface area contributed by atoms with Crippen LogP contribution < -0.4 is 4.74 Å². The van der Waals surface area contributed by atoms with Gasteiger partial charge in [0.15, 0.2) is 5.15 Å². The maximum atomic E-state index is 10.9. The standard InChI is InChI=1S/C11H6ClN3O3S/c1-6-2-3-8(15(16)17)9(4-6)18-11-7(5-13)10(12)14-19-11/h2-4H,1H3. The number of benzene rings is 1. The van der Waals surface area contributed by atoms with Crippen molar-refractivity contribution in [1.82, 2.24) is 4.37 Å². The van der Waals surface area contributed by atoms with Crippen LogP contribution >= 0.6 is 23.1 Å². The van der Waals surface area contributed by atoms with Gasteiger partial charge in [0.2, 0.25) is 10.8 Å². The third-order valence-corrected chi connectivity index (χ3v) is 3.35. The molecule has 0 N–H and O–H groups in total. The number of nitriles is 1. The molecule has 2 aromatic rings. The molecule has 0 saturated heterocycles. The average molecular weight is 296 g/mol. The smallest absolute Gasteiger partial charge is 0.311 e. The van der Waals surface area contributed by atoms with Crippen molar-refractivity contribution < 1.29 is 9.66 Å². The first-order valence-corrected chi connectivity index (χ1v) is 6.16. The van der Waals surface area contributed by atoms with Crippen molar-refractivity contribution in [3.8, 4) is 16.9 Å². The fourth-order valence-electron chi connectivity index (χ4n) is 1.37. The number of halogens is 1. The number of nitro benzene ring substituents is 1. The van der Waals surface area contributed by atoms with Crippen molar-refractivity contribution in [3.63, 3.8) is 0 Å². The van der Waals surface area contributed by atoms with E-state index in [1.807, 2.05) is 6.07 Å². The second kappa shape index (κ2) is 5.22. The van der Waals surface area contributed by atoms with Crippen LogP contribution in [-0.2, 0) is 0 Å². The molecule has 0 atom stereocenters. The van der Waals surface area contributed by atoms with Crippen molar-refractivity contribution in [2.75, 3.05) is 0 Å². The van der Waals surface area contributed by atoms with Crippen LogP contribution in [0.2, 0.25) is 5.15 Å². The van der Waals surface area contributed by atoms with Crippen molar-refractivity contribution in [3.05, 3.63) is 44.6 Å². The third-order valence-electron chi connectivity index (χ3n) is 2.25. The summed E-state index contributed by atoms with van der Waals surface area (Å²) in [5.74, 6) is 0.0572. The molecule has 0 aliphatic carbocycles. The molecule has 0 aliphatic rings. The summed E-state index contributed by atoms with van der Waals surface area (Å²) in [7, 11) is 0. The lowest BCUT2D eigenvalue weighted by molar-refractivity contribution is -0.385. The Morgan fingerprint density at radius 1 is 1.58 bits per heavy atom. The normalized spacial score (nSPS) is 9.95. The lowest BCUT2D eigenvalue weighted by atomic mass is 10.2. The minimum atomic E-state index is -0.552. The van der Waals surface area contributed by atoms with Crippen LogP contribution in [0.15, 0.2) is 18.2 Å². The summed E-state index contributed by atoms with van der Waals surface area (Å²) in [5.41, 5.74) is 0.691. The minimum absolute atomic E-state index is 0.0257. The van der Waals surface area contributed by atoms with Gasteiger partial charge >= 0.3 is 5.69 Å². The molecular weight excluding hydrogens is 290 g/mol. The zero-order valence-electron chi connectivity index (χ0n) is 9.58. The quantitative estimate of drug-likeness (QED) is 0.636. The van der Waals surface area contributed by atoms with E-state index >= 15 is 0 Å². The Labute approximate surface area is 117 Å². The van der Waals surface area contributed by atoms with Gasteiger partial charge in [0.05, 0.1) is 4.92 Å². The SMILES string of the molecule is Cc1ccc([N+](=O)[O-])c(Oc2snc(Cl)c2C#N)c1. The van der Waals surface area contributed by atoms with Gasteiger partial charge in [0, 0.05) is 17.6 Å². The third kappa shape index (κ3) is 2.65. The van der Waals surface area contributed by atoms with E-state index in [0.717, 1.165) is 17.1 Å². The summed E-state index contributed by atoms with van der Waals surface area (Å²) >= 11 is 6.58. The number of ether oxygens (including phenoxy) is 1. The van der Waals surface area contributed by atoms with Crippen LogP contribution in [-0.4, -0.2) is 9.30 Å². The first-order valence-electron chi connectivity index (χ1n) is 5.01. The highest BCUT2D eigenvalue weighted by Gasteiger charge is 2.20. The molecule has 8 heteroatoms. The molecule has 1 aromatic carbocycles. The number of aryl methyl sites for hydroxylation is 1. The first-order chi connectivity index (χ1) is 9.02. The molecule has 0 amide bonds. The lowest BCUT2D eigenvalue weighted by Gasteiger charge is -2.04. The topological polar surface area (TPSA) is 89.1 Å². The maximum absolute atomic E-state index is 10.9. The molecule has 96 valence electrons. The Balaban J connectivity index is 2.46. The molecule has 0 saturated carbocycles. The van der Waals surface area contributed by atoms with Crippen molar-refractivity contribution in [1.29, 1.82) is 5.26 Å². The second-order valence-electron chi connectivity index (χ2n) is 3.58. The van der Waals surface area contributed by atoms with Crippen LogP contribution in [0.4, 0.5) is 5.69 Å². The summed E-state index contributed by atoms with van der Waals surface area (Å²) < 4.78 is 9.17. The second-order valence-corrected chi connectivity index (χ2v) is 4.67. The molecule has 0 unspecified atom stereocenters. The number of hydrogen-bond donors (Lipinski definition) is 0. The van der Waals surface area contributed by atoms with Crippen molar-refractivity contribution in [2.45, 2.75) is 6.92 Å². The highest BCUT2D eigenvalue weighted by molar-refractivity contribution is 7.08. The highest BCUT2D eigenvalue weighted by Crippen LogP contribution is 2.37. The zero-order chi connectivity index (χ0) is 14.0. The minimum Gasteiger partial charge on any atom is -0.436 e. The Kier molecular flexibility index (Phi) is 3.64. The van der Waals surface area contributed by atoms with Gasteiger partial charge < -0.3 is 4.74 Å². The van der Waals surface area contributed by atoms with Gasteiger partial charge in [0.1, 0.15) is 11.6 Å². The Bertz CT molecular complexity index is 693. The van der Waals surface area contributed by atoms with E-state index in [0.29, 0.717) is 0 Å². The van der Waals surface area contributed by atoms with Crippen LogP contribution in [0.3, 0.4) is 0 Å². The van der Waals surface area contributed by atoms with E-state index in [9.17, 15) is 10.1 Å². The fourth-order valence-corrected chi connectivity index (χ4v) is 2.27. The predicted molar refractivity (Wildman–Crippen MR) is 69.7 cm³/mol. The van der Waals surface area contributed by atoms with E-state index in [2.05, 4.69) is 4.37 Å². The fraction of sp³-hybridized carbons (Fsp3) is 0.0909. The molecule has 0 aliphatic heterocycles. The van der Waals surface area contributed by atoms with E-state index in [1.165, 1.54) is 12.1 Å². The van der Waals surface area contributed by atoms with Gasteiger partial charge in [-0.15, -0.1) is 0 Å². The first kappa shape index (κ1) is 13.3. The largest absolute Gasteiger partial charge is 0.436 e. The van der Waals surface area contributed by atoms with Crippen LogP contribution in [0.25, 0.3) is 0 Å².